The zero-order valence-electron chi connectivity index (χ0n) is 34.7. The first-order valence-corrected chi connectivity index (χ1v) is 21.6. The number of ether oxygens (including phenoxy) is 1. The molecule has 4 aliphatic heterocycles. The highest BCUT2D eigenvalue weighted by Crippen LogP contribution is 2.37. The van der Waals surface area contributed by atoms with Gasteiger partial charge >= 0.3 is 0 Å². The number of piperazine rings is 1. The lowest BCUT2D eigenvalue weighted by molar-refractivity contribution is -0.137. The van der Waals surface area contributed by atoms with Crippen LogP contribution in [0.3, 0.4) is 0 Å². The van der Waals surface area contributed by atoms with Gasteiger partial charge in [0.2, 0.25) is 11.8 Å². The van der Waals surface area contributed by atoms with Crippen molar-refractivity contribution in [3.63, 3.8) is 0 Å². The van der Waals surface area contributed by atoms with E-state index < -0.39 is 0 Å². The number of halogens is 1. The highest BCUT2D eigenvalue weighted by molar-refractivity contribution is 6.00. The van der Waals surface area contributed by atoms with Crippen molar-refractivity contribution >= 4 is 28.6 Å². The van der Waals surface area contributed by atoms with Crippen molar-refractivity contribution in [3.8, 4) is 11.5 Å². The molecule has 8 rings (SSSR count). The topological polar surface area (TPSA) is 88.6 Å². The molecule has 3 fully saturated rings. The highest BCUT2D eigenvalue weighted by Gasteiger charge is 2.37. The van der Waals surface area contributed by atoms with Crippen molar-refractivity contribution < 1.29 is 23.8 Å². The molecule has 0 saturated carbocycles. The lowest BCUT2D eigenvalue weighted by atomic mass is 9.88. The molecule has 3 unspecified atom stereocenters. The fraction of sp³-hybridized carbons (Fsp3) is 0.429. The summed E-state index contributed by atoms with van der Waals surface area (Å²) in [5, 5.41) is 12.4. The van der Waals surface area contributed by atoms with E-state index in [1.807, 2.05) is 24.3 Å². The molecule has 0 aromatic heterocycles. The lowest BCUT2D eigenvalue weighted by Gasteiger charge is -2.47. The van der Waals surface area contributed by atoms with Crippen LogP contribution in [0.4, 0.5) is 10.1 Å². The number of allylic oxidation sites excluding steroid dienone is 1. The van der Waals surface area contributed by atoms with Gasteiger partial charge in [0.05, 0.1) is 11.7 Å². The Hall–Kier alpha value is -5.03. The molecule has 3 atom stereocenters. The van der Waals surface area contributed by atoms with Crippen LogP contribution in [0.2, 0.25) is 0 Å². The molecular weight excluding hydrogens is 742 g/mol. The number of aromatic hydroxyl groups is 1. The smallest absolute Gasteiger partial charge is 0.243 e. The van der Waals surface area contributed by atoms with Gasteiger partial charge in [-0.15, -0.1) is 0 Å². The SMILES string of the molecule is CCC(=C(c1ccc(O)cc1)c1ccc(OCCN2CCC(CN3CC(C)N(c4cc5c(cc4F)CN(C4CCC(=O)NC4=O)C5)C(C)C3)CC2)cc1)c1ccccc1. The Morgan fingerprint density at radius 2 is 1.46 bits per heavy atom. The lowest BCUT2D eigenvalue weighted by Crippen LogP contribution is -2.58. The van der Waals surface area contributed by atoms with Crippen LogP contribution in [0, 0.1) is 11.7 Å². The summed E-state index contributed by atoms with van der Waals surface area (Å²) in [4.78, 5) is 33.6. The number of imide groups is 1. The summed E-state index contributed by atoms with van der Waals surface area (Å²) in [5.41, 5.74) is 8.46. The Balaban J connectivity index is 0.807. The first-order chi connectivity index (χ1) is 28.6. The summed E-state index contributed by atoms with van der Waals surface area (Å²) >= 11 is 0. The number of nitrogens with one attached hydrogen (secondary N) is 1. The van der Waals surface area contributed by atoms with E-state index in [1.54, 1.807) is 18.2 Å². The molecule has 59 heavy (non-hydrogen) atoms. The summed E-state index contributed by atoms with van der Waals surface area (Å²) in [6.45, 7) is 14.2. The maximum absolute atomic E-state index is 15.8. The minimum atomic E-state index is -0.354. The number of hydrogen-bond acceptors (Lipinski definition) is 8. The zero-order chi connectivity index (χ0) is 41.0. The Morgan fingerprint density at radius 3 is 2.10 bits per heavy atom. The molecule has 4 aromatic carbocycles. The van der Waals surface area contributed by atoms with Crippen molar-refractivity contribution in [2.75, 3.05) is 50.8 Å². The molecule has 0 radical (unpaired) electrons. The summed E-state index contributed by atoms with van der Waals surface area (Å²) in [7, 11) is 0. The fourth-order valence-corrected chi connectivity index (χ4v) is 10.0. The number of carbonyl (C=O) groups is 2. The van der Waals surface area contributed by atoms with Crippen LogP contribution >= 0.6 is 0 Å². The van der Waals surface area contributed by atoms with Crippen LogP contribution in [-0.2, 0) is 22.7 Å². The number of fused-ring (bicyclic) bond motifs is 1. The maximum Gasteiger partial charge on any atom is 0.243 e. The van der Waals surface area contributed by atoms with Crippen molar-refractivity contribution in [2.24, 2.45) is 5.92 Å². The van der Waals surface area contributed by atoms with Gasteiger partial charge in [-0.05, 0) is 134 Å². The number of anilines is 1. The number of phenols is 1. The molecule has 4 heterocycles. The zero-order valence-corrected chi connectivity index (χ0v) is 34.7. The molecule has 9 nitrogen and oxygen atoms in total. The van der Waals surface area contributed by atoms with Gasteiger partial charge in [0, 0.05) is 57.8 Å². The average Bonchev–Trinajstić information content (AvgIpc) is 3.63. The van der Waals surface area contributed by atoms with Gasteiger partial charge < -0.3 is 14.7 Å². The van der Waals surface area contributed by atoms with Gasteiger partial charge in [0.25, 0.3) is 0 Å². The van der Waals surface area contributed by atoms with Gasteiger partial charge in [-0.3, -0.25) is 29.6 Å². The molecule has 2 amide bonds. The molecule has 2 N–H and O–H groups in total. The Kier molecular flexibility index (Phi) is 12.5. The Bertz CT molecular complexity index is 2120. The first kappa shape index (κ1) is 40.7. The summed E-state index contributed by atoms with van der Waals surface area (Å²) in [6.07, 6.45) is 4.04. The summed E-state index contributed by atoms with van der Waals surface area (Å²) in [6, 6.07) is 30.0. The number of likely N-dealkylation sites (tertiary alicyclic amines) is 1. The number of benzene rings is 4. The van der Waals surface area contributed by atoms with Gasteiger partial charge in [0.15, 0.2) is 0 Å². The van der Waals surface area contributed by atoms with Crippen LogP contribution in [0.5, 0.6) is 11.5 Å². The quantitative estimate of drug-likeness (QED) is 0.111. The van der Waals surface area contributed by atoms with Crippen molar-refractivity contribution in [1.82, 2.24) is 20.0 Å². The summed E-state index contributed by atoms with van der Waals surface area (Å²) in [5.74, 6) is 1.10. The average molecular weight is 800 g/mol. The van der Waals surface area contributed by atoms with E-state index in [0.29, 0.717) is 44.1 Å². The Labute approximate surface area is 348 Å². The predicted octanol–water partition coefficient (Wildman–Crippen LogP) is 7.71. The molecule has 10 heteroatoms. The molecule has 4 aromatic rings. The van der Waals surface area contributed by atoms with Gasteiger partial charge in [-0.2, -0.15) is 0 Å². The van der Waals surface area contributed by atoms with E-state index in [2.05, 4.69) is 94.2 Å². The number of rotatable bonds is 12. The molecule has 0 bridgehead atoms. The summed E-state index contributed by atoms with van der Waals surface area (Å²) < 4.78 is 22.0. The number of phenolic OH excluding ortho intramolecular Hbond substituents is 1. The number of hydrogen-bond donors (Lipinski definition) is 2. The van der Waals surface area contributed by atoms with Crippen molar-refractivity contribution in [2.45, 2.75) is 84.1 Å². The third-order valence-electron chi connectivity index (χ3n) is 12.9. The molecule has 0 aliphatic carbocycles. The monoisotopic (exact) mass is 799 g/mol. The second kappa shape index (κ2) is 18.1. The number of piperidine rings is 2. The third kappa shape index (κ3) is 9.25. The van der Waals surface area contributed by atoms with Gasteiger partial charge in [0.1, 0.15) is 23.9 Å². The number of amides is 2. The van der Waals surface area contributed by atoms with Gasteiger partial charge in [-0.25, -0.2) is 4.39 Å². The number of carbonyl (C=O) groups excluding carboxylic acids is 2. The largest absolute Gasteiger partial charge is 0.508 e. The minimum Gasteiger partial charge on any atom is -0.508 e. The van der Waals surface area contributed by atoms with E-state index in [4.69, 9.17) is 4.74 Å². The predicted molar refractivity (Wildman–Crippen MR) is 232 cm³/mol. The second-order valence-corrected chi connectivity index (χ2v) is 17.0. The molecule has 0 spiro atoms. The standard InChI is InChI=1S/C49H58FN5O4/c1-4-43(36-8-6-5-7-9-36)48(37-10-14-41(56)15-11-37)38-12-16-42(17-13-38)59-25-24-52-22-20-35(21-23-52)30-53-28-33(2)55(34(3)29-53)46-27-40-32-54(31-39(40)26-44(46)50)45-18-19-47(57)51-49(45)58/h5-17,26-27,33-35,45,56H,4,18-25,28-32H2,1-3H3,(H,51,57,58). The normalized spacial score (nSPS) is 22.6. The Morgan fingerprint density at radius 1 is 0.814 bits per heavy atom. The molecule has 3 saturated heterocycles. The van der Waals surface area contributed by atoms with Crippen molar-refractivity contribution in [3.05, 3.63) is 125 Å². The molecule has 310 valence electrons. The number of nitrogens with zero attached hydrogens (tertiary/aromatic N) is 4. The van der Waals surface area contributed by atoms with E-state index in [1.165, 1.54) is 11.1 Å². The van der Waals surface area contributed by atoms with Crippen molar-refractivity contribution in [1.29, 1.82) is 0 Å². The van der Waals surface area contributed by atoms with E-state index in [-0.39, 0.29) is 41.5 Å². The highest BCUT2D eigenvalue weighted by atomic mass is 19.1. The van der Waals surface area contributed by atoms with Crippen LogP contribution in [-0.4, -0.2) is 95.6 Å². The third-order valence-corrected chi connectivity index (χ3v) is 12.9. The van der Waals surface area contributed by atoms with E-state index in [9.17, 15) is 14.7 Å². The maximum atomic E-state index is 15.8. The van der Waals surface area contributed by atoms with Gasteiger partial charge in [-0.1, -0.05) is 61.5 Å². The van der Waals surface area contributed by atoms with Crippen LogP contribution < -0.4 is 15.0 Å². The minimum absolute atomic E-state index is 0.165. The molecule has 4 aliphatic rings. The van der Waals surface area contributed by atoms with E-state index >= 15 is 4.39 Å². The van der Waals surface area contributed by atoms with Crippen LogP contribution in [0.1, 0.15) is 80.7 Å². The molecular formula is C49H58FN5O4. The van der Waals surface area contributed by atoms with Crippen LogP contribution in [0.15, 0.2) is 91.0 Å². The second-order valence-electron chi connectivity index (χ2n) is 17.0. The first-order valence-electron chi connectivity index (χ1n) is 21.6. The van der Waals surface area contributed by atoms with E-state index in [0.717, 1.165) is 92.1 Å². The van der Waals surface area contributed by atoms with Crippen LogP contribution in [0.25, 0.3) is 11.1 Å². The fourth-order valence-electron chi connectivity index (χ4n) is 10.0.